The lowest BCUT2D eigenvalue weighted by molar-refractivity contribution is 0.190. The average Bonchev–Trinajstić information content (AvgIpc) is 2.76. The van der Waals surface area contributed by atoms with Crippen LogP contribution in [-0.2, 0) is 0 Å². The van der Waals surface area contributed by atoms with Gasteiger partial charge in [0.15, 0.2) is 0 Å². The van der Waals surface area contributed by atoms with Crippen molar-refractivity contribution in [1.29, 1.82) is 0 Å². The molecule has 0 bridgehead atoms. The molecule has 0 fully saturated rings. The molecule has 17 heavy (non-hydrogen) atoms. The van der Waals surface area contributed by atoms with Crippen LogP contribution in [0.1, 0.15) is 25.6 Å². The van der Waals surface area contributed by atoms with E-state index in [4.69, 9.17) is 5.73 Å². The van der Waals surface area contributed by atoms with E-state index < -0.39 is 6.17 Å². The lowest BCUT2D eigenvalue weighted by Crippen LogP contribution is -2.24. The van der Waals surface area contributed by atoms with Gasteiger partial charge in [0.25, 0.3) is 0 Å². The van der Waals surface area contributed by atoms with Gasteiger partial charge in [-0.05, 0) is 29.3 Å². The molecule has 92 valence electrons. The van der Waals surface area contributed by atoms with Crippen molar-refractivity contribution in [3.63, 3.8) is 0 Å². The van der Waals surface area contributed by atoms with Gasteiger partial charge in [-0.2, -0.15) is 0 Å². The van der Waals surface area contributed by atoms with E-state index in [1.807, 2.05) is 43.5 Å². The second-order valence-corrected chi connectivity index (χ2v) is 5.65. The smallest absolute Gasteiger partial charge is 0.131 e. The number of fused-ring (bicyclic) bond motifs is 1. The molecule has 3 heteroatoms. The predicted molar refractivity (Wildman–Crippen MR) is 73.1 cm³/mol. The molecule has 0 saturated carbocycles. The summed E-state index contributed by atoms with van der Waals surface area (Å²) in [5.74, 6) is 0.146. The van der Waals surface area contributed by atoms with Crippen molar-refractivity contribution in [3.05, 3.63) is 35.2 Å². The van der Waals surface area contributed by atoms with Crippen LogP contribution in [0.5, 0.6) is 0 Å². The SMILES string of the molecule is CC(C)C(CN)C(F)c1cccc2ccsc12. The van der Waals surface area contributed by atoms with E-state index in [2.05, 4.69) is 0 Å². The van der Waals surface area contributed by atoms with E-state index in [1.165, 1.54) is 0 Å². The number of alkyl halides is 1. The highest BCUT2D eigenvalue weighted by Gasteiger charge is 2.26. The highest BCUT2D eigenvalue weighted by Crippen LogP contribution is 2.37. The number of halogens is 1. The Balaban J connectivity index is 2.41. The highest BCUT2D eigenvalue weighted by molar-refractivity contribution is 7.17. The molecule has 2 rings (SSSR count). The number of nitrogens with two attached hydrogens (primary N) is 1. The first-order chi connectivity index (χ1) is 8.15. The largest absolute Gasteiger partial charge is 0.330 e. The normalized spacial score (nSPS) is 15.4. The molecule has 1 aromatic heterocycles. The van der Waals surface area contributed by atoms with Gasteiger partial charge in [0.2, 0.25) is 0 Å². The molecule has 0 spiro atoms. The van der Waals surface area contributed by atoms with Crippen LogP contribution in [0.2, 0.25) is 0 Å². The van der Waals surface area contributed by atoms with E-state index in [0.29, 0.717) is 6.54 Å². The zero-order chi connectivity index (χ0) is 12.4. The van der Waals surface area contributed by atoms with E-state index in [9.17, 15) is 4.39 Å². The summed E-state index contributed by atoms with van der Waals surface area (Å²) < 4.78 is 15.6. The average molecular weight is 251 g/mol. The molecule has 2 atom stereocenters. The first-order valence-corrected chi connectivity index (χ1v) is 6.83. The Labute approximate surface area is 105 Å². The van der Waals surface area contributed by atoms with Gasteiger partial charge < -0.3 is 5.73 Å². The van der Waals surface area contributed by atoms with Crippen molar-refractivity contribution in [2.75, 3.05) is 6.54 Å². The summed E-state index contributed by atoms with van der Waals surface area (Å²) in [5.41, 5.74) is 6.49. The van der Waals surface area contributed by atoms with Crippen molar-refractivity contribution in [3.8, 4) is 0 Å². The number of thiophene rings is 1. The van der Waals surface area contributed by atoms with E-state index in [1.54, 1.807) is 11.3 Å². The molecule has 0 amide bonds. The molecule has 1 nitrogen and oxygen atoms in total. The molecule has 0 radical (unpaired) electrons. The molecule has 2 aromatic rings. The first-order valence-electron chi connectivity index (χ1n) is 5.95. The second kappa shape index (κ2) is 5.15. The molecule has 0 aliphatic heterocycles. The molecule has 0 saturated heterocycles. The molecule has 1 heterocycles. The van der Waals surface area contributed by atoms with Crippen molar-refractivity contribution >= 4 is 21.4 Å². The quantitative estimate of drug-likeness (QED) is 0.868. The van der Waals surface area contributed by atoms with E-state index >= 15 is 0 Å². The maximum atomic E-state index is 14.6. The molecule has 2 unspecified atom stereocenters. The van der Waals surface area contributed by atoms with Gasteiger partial charge in [-0.3, -0.25) is 0 Å². The fourth-order valence-corrected chi connectivity index (χ4v) is 3.13. The zero-order valence-electron chi connectivity index (χ0n) is 10.2. The Morgan fingerprint density at radius 2 is 2.06 bits per heavy atom. The molecule has 2 N–H and O–H groups in total. The Kier molecular flexibility index (Phi) is 3.79. The summed E-state index contributed by atoms with van der Waals surface area (Å²) in [7, 11) is 0. The zero-order valence-corrected chi connectivity index (χ0v) is 11.0. The van der Waals surface area contributed by atoms with E-state index in [-0.39, 0.29) is 11.8 Å². The minimum atomic E-state index is -0.970. The van der Waals surface area contributed by atoms with Crippen LogP contribution in [-0.4, -0.2) is 6.54 Å². The first kappa shape index (κ1) is 12.5. The van der Waals surface area contributed by atoms with Crippen molar-refractivity contribution in [2.45, 2.75) is 20.0 Å². The standard InChI is InChI=1S/C14H18FNS/c1-9(2)12(8-16)13(15)11-5-3-4-10-6-7-17-14(10)11/h3-7,9,12-13H,8,16H2,1-2H3. The summed E-state index contributed by atoms with van der Waals surface area (Å²) in [5, 5.41) is 3.13. The minimum absolute atomic E-state index is 0.109. The van der Waals surface area contributed by atoms with Crippen LogP contribution in [0, 0.1) is 11.8 Å². The van der Waals surface area contributed by atoms with Crippen molar-refractivity contribution in [2.24, 2.45) is 17.6 Å². The van der Waals surface area contributed by atoms with E-state index in [0.717, 1.165) is 15.6 Å². The summed E-state index contributed by atoms with van der Waals surface area (Å²) >= 11 is 1.60. The fraction of sp³-hybridized carbons (Fsp3) is 0.429. The van der Waals surface area contributed by atoms with Crippen LogP contribution in [0.25, 0.3) is 10.1 Å². The monoisotopic (exact) mass is 251 g/mol. The Morgan fingerprint density at radius 1 is 1.29 bits per heavy atom. The van der Waals surface area contributed by atoms with Crippen LogP contribution in [0.4, 0.5) is 4.39 Å². The van der Waals surface area contributed by atoms with Gasteiger partial charge in [0.1, 0.15) is 6.17 Å². The third-order valence-corrected chi connectivity index (χ3v) is 4.29. The number of hydrogen-bond acceptors (Lipinski definition) is 2. The molecular weight excluding hydrogens is 233 g/mol. The topological polar surface area (TPSA) is 26.0 Å². The predicted octanol–water partition coefficient (Wildman–Crippen LogP) is 4.14. The third-order valence-electron chi connectivity index (χ3n) is 3.31. The van der Waals surface area contributed by atoms with Crippen LogP contribution < -0.4 is 5.73 Å². The molecule has 1 aromatic carbocycles. The lowest BCUT2D eigenvalue weighted by atomic mass is 9.87. The molecule has 0 aliphatic rings. The Bertz CT molecular complexity index is 492. The van der Waals surface area contributed by atoms with Crippen molar-refractivity contribution < 1.29 is 4.39 Å². The summed E-state index contributed by atoms with van der Waals surface area (Å²) in [6.45, 7) is 4.44. The molecular formula is C14H18FNS. The van der Waals surface area contributed by atoms with Gasteiger partial charge in [0.05, 0.1) is 0 Å². The second-order valence-electron chi connectivity index (χ2n) is 4.73. The van der Waals surface area contributed by atoms with Gasteiger partial charge in [-0.1, -0.05) is 32.0 Å². The van der Waals surface area contributed by atoms with Crippen molar-refractivity contribution in [1.82, 2.24) is 0 Å². The summed E-state index contributed by atoms with van der Waals surface area (Å²) in [6, 6.07) is 7.86. The van der Waals surface area contributed by atoms with Gasteiger partial charge in [0, 0.05) is 16.2 Å². The maximum absolute atomic E-state index is 14.6. The summed E-state index contributed by atoms with van der Waals surface area (Å²) in [6.07, 6.45) is -0.970. The van der Waals surface area contributed by atoms with Gasteiger partial charge in [-0.15, -0.1) is 11.3 Å². The minimum Gasteiger partial charge on any atom is -0.330 e. The fourth-order valence-electron chi connectivity index (χ4n) is 2.19. The lowest BCUT2D eigenvalue weighted by Gasteiger charge is -2.23. The van der Waals surface area contributed by atoms with Crippen LogP contribution in [0.3, 0.4) is 0 Å². The number of benzene rings is 1. The Morgan fingerprint density at radius 3 is 2.71 bits per heavy atom. The number of rotatable bonds is 4. The van der Waals surface area contributed by atoms with Gasteiger partial charge >= 0.3 is 0 Å². The summed E-state index contributed by atoms with van der Waals surface area (Å²) in [4.78, 5) is 0. The van der Waals surface area contributed by atoms with Crippen LogP contribution >= 0.6 is 11.3 Å². The Hall–Kier alpha value is -0.930. The molecule has 0 aliphatic carbocycles. The third kappa shape index (κ3) is 2.35. The number of hydrogen-bond donors (Lipinski definition) is 1. The van der Waals surface area contributed by atoms with Gasteiger partial charge in [-0.25, -0.2) is 4.39 Å². The highest BCUT2D eigenvalue weighted by atomic mass is 32.1. The maximum Gasteiger partial charge on any atom is 0.131 e. The van der Waals surface area contributed by atoms with Crippen LogP contribution in [0.15, 0.2) is 29.6 Å².